The average molecular weight is 565 g/mol. The fraction of sp³-hybridized carbons (Fsp3) is 0.643. The zero-order valence-electron chi connectivity index (χ0n) is 23.8. The largest absolute Gasteiger partial charge is 0.481 e. The Morgan fingerprint density at radius 2 is 1.92 bits per heavy atom. The molecule has 11 heteroatoms. The Morgan fingerprint density at radius 3 is 2.54 bits per heavy atom. The van der Waals surface area contributed by atoms with Crippen LogP contribution in [0.5, 0.6) is 0 Å². The first-order valence-electron chi connectivity index (χ1n) is 13.5. The van der Waals surface area contributed by atoms with Crippen LogP contribution in [0, 0.1) is 11.8 Å². The molecule has 0 aliphatic carbocycles. The molecule has 3 rings (SSSR count). The minimum Gasteiger partial charge on any atom is -0.481 e. The van der Waals surface area contributed by atoms with Crippen molar-refractivity contribution in [3.8, 4) is 0 Å². The number of aromatic nitrogens is 2. The number of benzene rings is 1. The lowest BCUT2D eigenvalue weighted by atomic mass is 9.92. The fourth-order valence-corrected chi connectivity index (χ4v) is 5.10. The second-order valence-corrected chi connectivity index (χ2v) is 12.0. The van der Waals surface area contributed by atoms with E-state index in [-0.39, 0.29) is 37.2 Å². The van der Waals surface area contributed by atoms with Crippen molar-refractivity contribution in [3.63, 3.8) is 0 Å². The molecule has 1 aliphatic rings. The second-order valence-electron chi connectivity index (χ2n) is 11.6. The number of methoxy groups -OCH3 is 1. The van der Waals surface area contributed by atoms with Crippen molar-refractivity contribution in [2.24, 2.45) is 11.8 Å². The number of hydrogen-bond donors (Lipinski definition) is 1. The molecule has 2 heterocycles. The Balaban J connectivity index is 2.00. The predicted octanol–water partition coefficient (Wildman–Crippen LogP) is 4.92. The number of piperidine rings is 1. The highest BCUT2D eigenvalue weighted by molar-refractivity contribution is 6.35. The molecule has 2 atom stereocenters. The van der Waals surface area contributed by atoms with Crippen LogP contribution in [0.4, 0.5) is 4.79 Å². The van der Waals surface area contributed by atoms with E-state index in [4.69, 9.17) is 21.1 Å². The number of ether oxygens (including phenoxy) is 2. The number of amides is 2. The van der Waals surface area contributed by atoms with E-state index in [0.717, 1.165) is 18.4 Å². The van der Waals surface area contributed by atoms with Crippen molar-refractivity contribution < 1.29 is 29.0 Å². The molecule has 216 valence electrons. The average Bonchev–Trinajstić information content (AvgIpc) is 3.23. The summed E-state index contributed by atoms with van der Waals surface area (Å²) in [5, 5.41) is 10.3. The number of halogens is 1. The molecular weight excluding hydrogens is 524 g/mol. The van der Waals surface area contributed by atoms with E-state index < -0.39 is 29.6 Å². The molecule has 0 radical (unpaired) electrons. The van der Waals surface area contributed by atoms with E-state index >= 15 is 0 Å². The Labute approximate surface area is 235 Å². The van der Waals surface area contributed by atoms with Crippen LogP contribution in [-0.4, -0.2) is 87.4 Å². The van der Waals surface area contributed by atoms with Gasteiger partial charge in [0.05, 0.1) is 22.5 Å². The maximum Gasteiger partial charge on any atom is 0.410 e. The number of carbonyl (C=O) groups is 3. The Hall–Kier alpha value is -2.85. The number of rotatable bonds is 10. The molecule has 1 aliphatic heterocycles. The smallest absolute Gasteiger partial charge is 0.410 e. The van der Waals surface area contributed by atoms with Crippen molar-refractivity contribution in [2.45, 2.75) is 72.1 Å². The third-order valence-electron chi connectivity index (χ3n) is 6.59. The first-order chi connectivity index (χ1) is 18.3. The first-order valence-corrected chi connectivity index (χ1v) is 13.9. The zero-order valence-corrected chi connectivity index (χ0v) is 24.5. The van der Waals surface area contributed by atoms with Crippen molar-refractivity contribution in [2.75, 3.05) is 33.4 Å². The fourth-order valence-electron chi connectivity index (χ4n) is 4.89. The lowest BCUT2D eigenvalue weighted by Crippen LogP contribution is -2.57. The van der Waals surface area contributed by atoms with Crippen molar-refractivity contribution in [3.05, 3.63) is 29.0 Å². The van der Waals surface area contributed by atoms with E-state index in [9.17, 15) is 19.5 Å². The van der Waals surface area contributed by atoms with E-state index in [1.165, 1.54) is 4.90 Å². The highest BCUT2D eigenvalue weighted by Crippen LogP contribution is 2.29. The number of fused-ring (bicyclic) bond motifs is 1. The van der Waals surface area contributed by atoms with Gasteiger partial charge >= 0.3 is 12.1 Å². The van der Waals surface area contributed by atoms with Gasteiger partial charge in [-0.25, -0.2) is 9.78 Å². The molecule has 1 saturated heterocycles. The summed E-state index contributed by atoms with van der Waals surface area (Å²) < 4.78 is 12.6. The summed E-state index contributed by atoms with van der Waals surface area (Å²) in [4.78, 5) is 47.1. The van der Waals surface area contributed by atoms with Crippen LogP contribution in [-0.2, 0) is 20.8 Å². The van der Waals surface area contributed by atoms with Gasteiger partial charge < -0.3 is 28.9 Å². The maximum absolute atomic E-state index is 14.2. The number of carboxylic acids is 1. The minimum atomic E-state index is -1.01. The number of imidazole rings is 1. The highest BCUT2D eigenvalue weighted by Gasteiger charge is 2.40. The quantitative estimate of drug-likeness (QED) is 0.407. The van der Waals surface area contributed by atoms with Crippen LogP contribution in [0.1, 0.15) is 64.5 Å². The van der Waals surface area contributed by atoms with Crippen molar-refractivity contribution >= 4 is 40.6 Å². The van der Waals surface area contributed by atoms with Crippen molar-refractivity contribution in [1.82, 2.24) is 19.4 Å². The zero-order chi connectivity index (χ0) is 28.9. The number of carboxylic acid groups (broad SMARTS) is 1. The lowest BCUT2D eigenvalue weighted by Gasteiger charge is -2.42. The summed E-state index contributed by atoms with van der Waals surface area (Å²) in [6, 6.07) is 4.93. The summed E-state index contributed by atoms with van der Waals surface area (Å²) >= 11 is 6.46. The molecule has 39 heavy (non-hydrogen) atoms. The number of aryl methyl sites for hydroxylation is 1. The Bertz CT molecular complexity index is 1170. The molecule has 1 N–H and O–H groups in total. The number of carbonyl (C=O) groups excluding carboxylic acids is 2. The summed E-state index contributed by atoms with van der Waals surface area (Å²) in [7, 11) is 1.65. The molecule has 2 amide bonds. The highest BCUT2D eigenvalue weighted by atomic mass is 35.5. The first kappa shape index (κ1) is 30.7. The third-order valence-corrected chi connectivity index (χ3v) is 6.90. The molecule has 0 spiro atoms. The van der Waals surface area contributed by atoms with Crippen LogP contribution in [0.2, 0.25) is 5.02 Å². The topological polar surface area (TPSA) is 114 Å². The van der Waals surface area contributed by atoms with Gasteiger partial charge in [0.1, 0.15) is 11.1 Å². The second kappa shape index (κ2) is 13.0. The molecule has 1 aromatic heterocycles. The van der Waals surface area contributed by atoms with E-state index in [2.05, 4.69) is 4.98 Å². The molecule has 10 nitrogen and oxygen atoms in total. The maximum atomic E-state index is 14.2. The summed E-state index contributed by atoms with van der Waals surface area (Å²) in [6.07, 6.45) is 1.22. The normalized spacial score (nSPS) is 18.0. The van der Waals surface area contributed by atoms with Crippen LogP contribution >= 0.6 is 11.6 Å². The van der Waals surface area contributed by atoms with E-state index in [1.807, 2.05) is 30.5 Å². The van der Waals surface area contributed by atoms with Gasteiger partial charge in [-0.1, -0.05) is 31.5 Å². The van der Waals surface area contributed by atoms with Crippen LogP contribution < -0.4 is 0 Å². The minimum absolute atomic E-state index is 0.0259. The molecule has 1 unspecified atom stereocenters. The predicted molar refractivity (Wildman–Crippen MR) is 149 cm³/mol. The van der Waals surface area contributed by atoms with E-state index in [0.29, 0.717) is 30.2 Å². The number of aliphatic carboxylic acids is 1. The Morgan fingerprint density at radius 1 is 1.21 bits per heavy atom. The molecule has 0 saturated carbocycles. The van der Waals surface area contributed by atoms with Crippen LogP contribution in [0.15, 0.2) is 18.2 Å². The van der Waals surface area contributed by atoms with Crippen LogP contribution in [0.25, 0.3) is 11.0 Å². The molecule has 1 fully saturated rings. The standard InChI is InChI=1S/C28H41ClN4O6/c1-18(2)15-33(20-14-19(26(35)36)16-31(17-20)27(37)39-28(3,4)5)25(34)24-30-23-21(29)10-9-11-22(23)32(24)12-7-8-13-38-6/h9-11,18-20H,7-8,12-17H2,1-6H3,(H,35,36)/t19?,20-/m0/s1. The number of para-hydroxylation sites is 1. The number of hydrogen-bond acceptors (Lipinski definition) is 6. The summed E-state index contributed by atoms with van der Waals surface area (Å²) in [5.41, 5.74) is 0.569. The van der Waals surface area contributed by atoms with Gasteiger partial charge in [-0.15, -0.1) is 0 Å². The van der Waals surface area contributed by atoms with Gasteiger partial charge in [-0.3, -0.25) is 9.59 Å². The Kier molecular flexibility index (Phi) is 10.2. The van der Waals surface area contributed by atoms with Crippen molar-refractivity contribution in [1.29, 1.82) is 0 Å². The van der Waals surface area contributed by atoms with Gasteiger partial charge in [0.15, 0.2) is 5.82 Å². The van der Waals surface area contributed by atoms with E-state index in [1.54, 1.807) is 38.8 Å². The van der Waals surface area contributed by atoms with Gasteiger partial charge in [0.25, 0.3) is 5.91 Å². The molecular formula is C28H41ClN4O6. The monoisotopic (exact) mass is 564 g/mol. The number of likely N-dealkylation sites (tertiary alicyclic amines) is 1. The van der Waals surface area contributed by atoms with Gasteiger partial charge in [0.2, 0.25) is 0 Å². The molecule has 1 aromatic carbocycles. The van der Waals surface area contributed by atoms with Gasteiger partial charge in [-0.2, -0.15) is 0 Å². The number of nitrogens with zero attached hydrogens (tertiary/aromatic N) is 4. The molecule has 2 aromatic rings. The molecule has 0 bridgehead atoms. The lowest BCUT2D eigenvalue weighted by molar-refractivity contribution is -0.144. The van der Waals surface area contributed by atoms with Crippen LogP contribution in [0.3, 0.4) is 0 Å². The summed E-state index contributed by atoms with van der Waals surface area (Å²) in [5.74, 6) is -1.82. The van der Waals surface area contributed by atoms with Gasteiger partial charge in [-0.05, 0) is 58.1 Å². The third kappa shape index (κ3) is 7.85. The summed E-state index contributed by atoms with van der Waals surface area (Å²) in [6.45, 7) is 11.0. The number of unbranched alkanes of at least 4 members (excludes halogenated alkanes) is 1. The van der Waals surface area contributed by atoms with Gasteiger partial charge in [0, 0.05) is 39.9 Å². The SMILES string of the molecule is COCCCCn1c(C(=O)N(CC(C)C)[C@H]2CC(C(=O)O)CN(C(=O)OC(C)(C)C)C2)nc2c(Cl)cccc21.